The van der Waals surface area contributed by atoms with Crippen LogP contribution >= 0.6 is 0 Å². The smallest absolute Gasteiger partial charge is 0.420 e. The number of amides is 4. The Bertz CT molecular complexity index is 1200. The van der Waals surface area contributed by atoms with Crippen LogP contribution in [0.25, 0.3) is 11.1 Å². The maximum absolute atomic E-state index is 13.2. The summed E-state index contributed by atoms with van der Waals surface area (Å²) in [6.45, 7) is 9.86. The third kappa shape index (κ3) is 3.69. The van der Waals surface area contributed by atoms with Gasteiger partial charge in [0.05, 0.1) is 11.2 Å². The molecule has 0 radical (unpaired) electrons. The van der Waals surface area contributed by atoms with Crippen molar-refractivity contribution in [3.8, 4) is 0 Å². The van der Waals surface area contributed by atoms with Gasteiger partial charge in [-0.15, -0.1) is 6.58 Å². The highest BCUT2D eigenvalue weighted by atomic mass is 16.6. The van der Waals surface area contributed by atoms with Crippen molar-refractivity contribution in [3.05, 3.63) is 41.4 Å². The Morgan fingerprint density at radius 3 is 2.48 bits per heavy atom. The molecule has 0 N–H and O–H groups in total. The Balaban J connectivity index is 1.67. The van der Waals surface area contributed by atoms with Crippen LogP contribution in [0.4, 0.5) is 15.3 Å². The minimum Gasteiger partial charge on any atom is -0.444 e. The number of fused-ring (bicyclic) bond motifs is 1. The molecule has 0 saturated carbocycles. The summed E-state index contributed by atoms with van der Waals surface area (Å²) in [5, 5.41) is 0. The molecule has 2 fully saturated rings. The zero-order chi connectivity index (χ0) is 24.1. The van der Waals surface area contributed by atoms with Crippen LogP contribution in [0, 0.1) is 0 Å². The fourth-order valence-electron chi connectivity index (χ4n) is 4.50. The van der Waals surface area contributed by atoms with Crippen LogP contribution in [-0.2, 0) is 16.1 Å². The SMILES string of the molecule is C=CCn1c(=O)oc2cc(N3C(=O)N(C)C(=O)C34CCN(C(=O)OC(C)(C)C)CC4)ccc21. The van der Waals surface area contributed by atoms with Gasteiger partial charge >= 0.3 is 17.9 Å². The molecule has 2 saturated heterocycles. The summed E-state index contributed by atoms with van der Waals surface area (Å²) in [7, 11) is 1.45. The average Bonchev–Trinajstić information content (AvgIpc) is 3.14. The zero-order valence-electron chi connectivity index (χ0n) is 19.3. The highest BCUT2D eigenvalue weighted by molar-refractivity contribution is 6.17. The number of likely N-dealkylation sites (N-methyl/N-ethyl adjacent to an activating group) is 1. The molecule has 10 nitrogen and oxygen atoms in total. The average molecular weight is 456 g/mol. The lowest BCUT2D eigenvalue weighted by Gasteiger charge is -2.42. The van der Waals surface area contributed by atoms with Crippen molar-refractivity contribution in [1.82, 2.24) is 14.4 Å². The zero-order valence-corrected chi connectivity index (χ0v) is 19.3. The maximum atomic E-state index is 13.2. The summed E-state index contributed by atoms with van der Waals surface area (Å²) in [6.07, 6.45) is 1.68. The van der Waals surface area contributed by atoms with Gasteiger partial charge in [0.1, 0.15) is 11.1 Å². The Hall–Kier alpha value is -3.56. The summed E-state index contributed by atoms with van der Waals surface area (Å²) in [5.74, 6) is -0.842. The molecule has 0 aliphatic carbocycles. The topological polar surface area (TPSA) is 105 Å². The number of likely N-dealkylation sites (tertiary alicyclic amines) is 1. The van der Waals surface area contributed by atoms with Crippen molar-refractivity contribution < 1.29 is 23.5 Å². The minimum atomic E-state index is -1.12. The second-order valence-electron chi connectivity index (χ2n) is 9.40. The first-order valence-electron chi connectivity index (χ1n) is 10.8. The molecule has 176 valence electrons. The predicted molar refractivity (Wildman–Crippen MR) is 121 cm³/mol. The molecule has 3 heterocycles. The molecule has 1 aromatic carbocycles. The molecule has 0 unspecified atom stereocenters. The predicted octanol–water partition coefficient (Wildman–Crippen LogP) is 2.95. The molecule has 1 spiro atoms. The second kappa shape index (κ2) is 7.79. The summed E-state index contributed by atoms with van der Waals surface area (Å²) in [5.41, 5.74) is -0.407. The van der Waals surface area contributed by atoms with Crippen molar-refractivity contribution in [3.63, 3.8) is 0 Å². The lowest BCUT2D eigenvalue weighted by molar-refractivity contribution is -0.131. The maximum Gasteiger partial charge on any atom is 0.420 e. The highest BCUT2D eigenvalue weighted by Gasteiger charge is 2.58. The first-order chi connectivity index (χ1) is 15.5. The fraction of sp³-hybridized carbons (Fsp3) is 0.478. The summed E-state index contributed by atoms with van der Waals surface area (Å²) in [6, 6.07) is 4.53. The Kier molecular flexibility index (Phi) is 5.34. The third-order valence-electron chi connectivity index (χ3n) is 6.07. The number of allylic oxidation sites excluding steroid dienone is 1. The quantitative estimate of drug-likeness (QED) is 0.519. The number of ether oxygens (including phenoxy) is 1. The Morgan fingerprint density at radius 1 is 1.21 bits per heavy atom. The van der Waals surface area contributed by atoms with Crippen LogP contribution in [0.1, 0.15) is 33.6 Å². The number of anilines is 1. The number of hydrogen-bond acceptors (Lipinski definition) is 6. The highest BCUT2D eigenvalue weighted by Crippen LogP contribution is 2.41. The Labute approximate surface area is 191 Å². The summed E-state index contributed by atoms with van der Waals surface area (Å²) < 4.78 is 12.3. The second-order valence-corrected chi connectivity index (χ2v) is 9.40. The van der Waals surface area contributed by atoms with E-state index in [2.05, 4.69) is 6.58 Å². The molecule has 2 aliphatic heterocycles. The number of oxazole rings is 1. The number of piperidine rings is 1. The van der Waals surface area contributed by atoms with Crippen LogP contribution in [0.3, 0.4) is 0 Å². The molecule has 4 rings (SSSR count). The number of urea groups is 1. The first-order valence-corrected chi connectivity index (χ1v) is 10.8. The van der Waals surface area contributed by atoms with E-state index in [1.807, 2.05) is 0 Å². The van der Waals surface area contributed by atoms with E-state index in [0.717, 1.165) is 4.90 Å². The van der Waals surface area contributed by atoms with E-state index in [1.54, 1.807) is 49.9 Å². The van der Waals surface area contributed by atoms with Crippen LogP contribution in [0.2, 0.25) is 0 Å². The van der Waals surface area contributed by atoms with Crippen LogP contribution < -0.4 is 10.7 Å². The van der Waals surface area contributed by atoms with Crippen molar-refractivity contribution >= 4 is 34.8 Å². The van der Waals surface area contributed by atoms with Gasteiger partial charge in [0.25, 0.3) is 5.91 Å². The van der Waals surface area contributed by atoms with Crippen LogP contribution in [0.5, 0.6) is 0 Å². The number of benzene rings is 1. The van der Waals surface area contributed by atoms with Gasteiger partial charge in [-0.05, 0) is 45.7 Å². The number of aromatic nitrogens is 1. The van der Waals surface area contributed by atoms with E-state index < -0.39 is 29.0 Å². The molecule has 33 heavy (non-hydrogen) atoms. The van der Waals surface area contributed by atoms with Crippen molar-refractivity contribution in [2.75, 3.05) is 25.0 Å². The Morgan fingerprint density at radius 2 is 1.88 bits per heavy atom. The monoisotopic (exact) mass is 456 g/mol. The van der Waals surface area contributed by atoms with Crippen LogP contribution in [-0.4, -0.2) is 63.7 Å². The number of carbonyl (C=O) groups excluding carboxylic acids is 3. The van der Waals surface area contributed by atoms with E-state index in [4.69, 9.17) is 9.15 Å². The molecule has 2 aliphatic rings. The largest absolute Gasteiger partial charge is 0.444 e. The molecule has 1 aromatic heterocycles. The van der Waals surface area contributed by atoms with Gasteiger partial charge in [-0.2, -0.15) is 0 Å². The number of hydrogen-bond donors (Lipinski definition) is 0. The molecular formula is C23H28N4O6. The number of imide groups is 1. The van der Waals surface area contributed by atoms with E-state index in [0.29, 0.717) is 23.3 Å². The molecule has 2 aromatic rings. The van der Waals surface area contributed by atoms with E-state index >= 15 is 0 Å². The van der Waals surface area contributed by atoms with Gasteiger partial charge in [0.15, 0.2) is 5.58 Å². The van der Waals surface area contributed by atoms with Gasteiger partial charge in [0, 0.05) is 32.7 Å². The van der Waals surface area contributed by atoms with Crippen LogP contribution in [0.15, 0.2) is 40.1 Å². The van der Waals surface area contributed by atoms with Gasteiger partial charge in [0.2, 0.25) is 0 Å². The van der Waals surface area contributed by atoms with Gasteiger partial charge in [-0.3, -0.25) is 19.2 Å². The summed E-state index contributed by atoms with van der Waals surface area (Å²) >= 11 is 0. The van der Waals surface area contributed by atoms with E-state index in [-0.39, 0.29) is 31.8 Å². The van der Waals surface area contributed by atoms with Gasteiger partial charge in [-0.25, -0.2) is 14.4 Å². The van der Waals surface area contributed by atoms with E-state index in [1.165, 1.54) is 16.5 Å². The lowest BCUT2D eigenvalue weighted by atomic mass is 9.85. The van der Waals surface area contributed by atoms with E-state index in [9.17, 15) is 19.2 Å². The van der Waals surface area contributed by atoms with Crippen molar-refractivity contribution in [2.45, 2.75) is 51.3 Å². The van der Waals surface area contributed by atoms with Gasteiger partial charge in [-0.1, -0.05) is 6.08 Å². The minimum absolute atomic E-state index is 0.265. The molecular weight excluding hydrogens is 428 g/mol. The van der Waals surface area contributed by atoms with Crippen molar-refractivity contribution in [2.24, 2.45) is 0 Å². The molecule has 10 heteroatoms. The number of rotatable bonds is 3. The fourth-order valence-corrected chi connectivity index (χ4v) is 4.50. The standard InChI is InChI=1S/C23H28N4O6/c1-6-11-26-16-8-7-15(14-17(16)32-21(26)31)27-19(29)24(5)18(28)23(27)9-12-25(13-10-23)20(30)33-22(2,3)4/h6-8,14H,1,9-13H2,2-5H3. The van der Waals surface area contributed by atoms with Crippen molar-refractivity contribution in [1.29, 1.82) is 0 Å². The summed E-state index contributed by atoms with van der Waals surface area (Å²) in [4.78, 5) is 55.1. The third-order valence-corrected chi connectivity index (χ3v) is 6.07. The molecule has 0 atom stereocenters. The number of nitrogens with zero attached hydrogens (tertiary/aromatic N) is 4. The first kappa shape index (κ1) is 22.6. The lowest BCUT2D eigenvalue weighted by Crippen LogP contribution is -2.58. The molecule has 0 bridgehead atoms. The normalized spacial score (nSPS) is 18.5. The molecule has 4 amide bonds. The number of carbonyl (C=O) groups is 3. The van der Waals surface area contributed by atoms with Gasteiger partial charge < -0.3 is 14.1 Å².